The molecule has 0 amide bonds. The molecule has 3 rings (SSSR count). The summed E-state index contributed by atoms with van der Waals surface area (Å²) in [5, 5.41) is 4.34. The van der Waals surface area contributed by atoms with Gasteiger partial charge in [-0.3, -0.25) is 8.89 Å². The molecule has 1 atom stereocenters. The minimum absolute atomic E-state index is 0.336. The molecule has 0 saturated carbocycles. The van der Waals surface area contributed by atoms with Crippen LogP contribution in [0.25, 0.3) is 11.1 Å². The molecule has 5 nitrogen and oxygen atoms in total. The van der Waals surface area contributed by atoms with Crippen molar-refractivity contribution in [1.29, 1.82) is 0 Å². The molecule has 1 aliphatic rings. The van der Waals surface area contributed by atoms with E-state index >= 15 is 0 Å². The van der Waals surface area contributed by atoms with Gasteiger partial charge < -0.3 is 9.31 Å². The second kappa shape index (κ2) is 6.70. The van der Waals surface area contributed by atoms with E-state index in [4.69, 9.17) is 9.31 Å². The number of benzene rings is 1. The Morgan fingerprint density at radius 2 is 1.68 bits per heavy atom. The normalized spacial score (nSPS) is 20.0. The molecule has 2 heterocycles. The van der Waals surface area contributed by atoms with E-state index in [-0.39, 0.29) is 18.3 Å². The van der Waals surface area contributed by atoms with Gasteiger partial charge in [0.1, 0.15) is 0 Å². The lowest BCUT2D eigenvalue weighted by Crippen LogP contribution is -2.41. The van der Waals surface area contributed by atoms with Crippen LogP contribution in [0.15, 0.2) is 36.7 Å². The first kappa shape index (κ1) is 18.4. The van der Waals surface area contributed by atoms with Gasteiger partial charge in [0.05, 0.1) is 23.9 Å². The van der Waals surface area contributed by atoms with Gasteiger partial charge in [-0.1, -0.05) is 24.3 Å². The van der Waals surface area contributed by atoms with Gasteiger partial charge in [-0.2, -0.15) is 5.10 Å². The van der Waals surface area contributed by atoms with Gasteiger partial charge in [-0.15, -0.1) is 0 Å². The summed E-state index contributed by atoms with van der Waals surface area (Å²) < 4.78 is 25.2. The van der Waals surface area contributed by atoms with Gasteiger partial charge in [0.2, 0.25) is 0 Å². The van der Waals surface area contributed by atoms with Crippen molar-refractivity contribution in [3.63, 3.8) is 0 Å². The molecule has 0 aliphatic carbocycles. The molecule has 0 radical (unpaired) electrons. The van der Waals surface area contributed by atoms with Gasteiger partial charge in [0.25, 0.3) is 0 Å². The molecule has 1 saturated heterocycles. The Labute approximate surface area is 152 Å². The van der Waals surface area contributed by atoms with Crippen LogP contribution in [-0.2, 0) is 26.7 Å². The lowest BCUT2D eigenvalue weighted by molar-refractivity contribution is 0.00578. The summed E-state index contributed by atoms with van der Waals surface area (Å²) in [7, 11) is -1.15. The van der Waals surface area contributed by atoms with Gasteiger partial charge in [0.15, 0.2) is 0 Å². The largest absolute Gasteiger partial charge is 0.494 e. The Morgan fingerprint density at radius 3 is 2.24 bits per heavy atom. The molecule has 134 valence electrons. The topological polar surface area (TPSA) is 53.4 Å². The van der Waals surface area contributed by atoms with E-state index in [0.717, 1.165) is 16.6 Å². The summed E-state index contributed by atoms with van der Waals surface area (Å²) >= 11 is 0. The maximum Gasteiger partial charge on any atom is 0.494 e. The second-order valence-corrected chi connectivity index (χ2v) is 9.03. The van der Waals surface area contributed by atoms with E-state index in [2.05, 4.69) is 44.9 Å². The van der Waals surface area contributed by atoms with Crippen molar-refractivity contribution in [3.8, 4) is 11.1 Å². The molecular weight excluding hydrogens is 335 g/mol. The summed E-state index contributed by atoms with van der Waals surface area (Å²) in [6.45, 7) is 8.88. The van der Waals surface area contributed by atoms with E-state index in [1.54, 1.807) is 6.26 Å². The van der Waals surface area contributed by atoms with Gasteiger partial charge in [-0.05, 0) is 38.7 Å². The van der Waals surface area contributed by atoms with Crippen molar-refractivity contribution in [1.82, 2.24) is 9.78 Å². The highest BCUT2D eigenvalue weighted by atomic mass is 32.2. The van der Waals surface area contributed by atoms with Crippen molar-refractivity contribution in [3.05, 3.63) is 36.7 Å². The van der Waals surface area contributed by atoms with Crippen LogP contribution in [0.4, 0.5) is 0 Å². The standard InChI is InChI=1S/C18H25BN2O3S/c1-17(2)18(3,4)24-19(23-17)16-8-6-14(7-9-16)15-12-20-21(13-15)10-11-25(5)22/h6-9,12-13H,10-11H2,1-5H3. The fraction of sp³-hybridized carbons (Fsp3) is 0.500. The van der Waals surface area contributed by atoms with Crippen LogP contribution in [0.3, 0.4) is 0 Å². The molecule has 25 heavy (non-hydrogen) atoms. The number of nitrogens with zero attached hydrogens (tertiary/aromatic N) is 2. The van der Waals surface area contributed by atoms with E-state index in [9.17, 15) is 4.21 Å². The molecule has 1 aromatic carbocycles. The average molecular weight is 360 g/mol. The smallest absolute Gasteiger partial charge is 0.399 e. The molecule has 0 bridgehead atoms. The highest BCUT2D eigenvalue weighted by molar-refractivity contribution is 7.84. The molecule has 7 heteroatoms. The van der Waals surface area contributed by atoms with Gasteiger partial charge in [0, 0.05) is 34.6 Å². The fourth-order valence-electron chi connectivity index (χ4n) is 2.67. The Balaban J connectivity index is 1.72. The minimum Gasteiger partial charge on any atom is -0.399 e. The van der Waals surface area contributed by atoms with E-state index in [0.29, 0.717) is 12.3 Å². The Hall–Kier alpha value is -1.44. The first-order valence-corrected chi connectivity index (χ1v) is 10.2. The predicted octanol–water partition coefficient (Wildman–Crippen LogP) is 2.23. The lowest BCUT2D eigenvalue weighted by atomic mass is 9.78. The number of rotatable bonds is 5. The number of aromatic nitrogens is 2. The molecular formula is C18H25BN2O3S. The van der Waals surface area contributed by atoms with Gasteiger partial charge >= 0.3 is 7.12 Å². The third-order valence-corrected chi connectivity index (χ3v) is 5.77. The van der Waals surface area contributed by atoms with Crippen molar-refractivity contribution < 1.29 is 13.5 Å². The number of hydrogen-bond acceptors (Lipinski definition) is 4. The van der Waals surface area contributed by atoms with Crippen LogP contribution in [0.2, 0.25) is 0 Å². The predicted molar refractivity (Wildman–Crippen MR) is 102 cm³/mol. The average Bonchev–Trinajstić information content (AvgIpc) is 3.08. The third-order valence-electron chi connectivity index (χ3n) is 5.01. The minimum atomic E-state index is -0.808. The number of aryl methyl sites for hydroxylation is 1. The summed E-state index contributed by atoms with van der Waals surface area (Å²) in [6, 6.07) is 8.19. The Kier molecular flexibility index (Phi) is 4.92. The molecule has 1 fully saturated rings. The first-order chi connectivity index (χ1) is 11.7. The molecule has 0 spiro atoms. The zero-order chi connectivity index (χ0) is 18.2. The van der Waals surface area contributed by atoms with E-state index in [1.807, 2.05) is 29.2 Å². The van der Waals surface area contributed by atoms with Crippen molar-refractivity contribution >= 4 is 23.4 Å². The summed E-state index contributed by atoms with van der Waals surface area (Å²) in [4.78, 5) is 0. The van der Waals surface area contributed by atoms with E-state index in [1.165, 1.54) is 0 Å². The maximum atomic E-state index is 11.2. The molecule has 1 aromatic heterocycles. The second-order valence-electron chi connectivity index (χ2n) is 7.48. The van der Waals surface area contributed by atoms with Crippen LogP contribution >= 0.6 is 0 Å². The molecule has 1 unspecified atom stereocenters. The van der Waals surface area contributed by atoms with Crippen LogP contribution in [0, 0.1) is 0 Å². The highest BCUT2D eigenvalue weighted by Crippen LogP contribution is 2.36. The van der Waals surface area contributed by atoms with Crippen LogP contribution in [0.5, 0.6) is 0 Å². The zero-order valence-electron chi connectivity index (χ0n) is 15.5. The Bertz CT molecular complexity index is 755. The van der Waals surface area contributed by atoms with Crippen molar-refractivity contribution in [2.45, 2.75) is 45.4 Å². The lowest BCUT2D eigenvalue weighted by Gasteiger charge is -2.32. The van der Waals surface area contributed by atoms with Crippen molar-refractivity contribution in [2.24, 2.45) is 0 Å². The first-order valence-electron chi connectivity index (χ1n) is 8.46. The molecule has 0 N–H and O–H groups in total. The van der Waals surface area contributed by atoms with E-state index < -0.39 is 10.8 Å². The third kappa shape index (κ3) is 3.88. The summed E-state index contributed by atoms with van der Waals surface area (Å²) in [5.41, 5.74) is 2.47. The highest BCUT2D eigenvalue weighted by Gasteiger charge is 2.51. The summed E-state index contributed by atoms with van der Waals surface area (Å²) in [6.07, 6.45) is 5.53. The van der Waals surface area contributed by atoms with Crippen LogP contribution < -0.4 is 5.46 Å². The number of hydrogen-bond donors (Lipinski definition) is 0. The Morgan fingerprint density at radius 1 is 1.08 bits per heavy atom. The molecule has 2 aromatic rings. The van der Waals surface area contributed by atoms with Crippen LogP contribution in [0.1, 0.15) is 27.7 Å². The SMILES string of the molecule is CS(=O)CCn1cc(-c2ccc(B3OC(C)(C)C(C)(C)O3)cc2)cn1. The van der Waals surface area contributed by atoms with Gasteiger partial charge in [-0.25, -0.2) is 0 Å². The van der Waals surface area contributed by atoms with Crippen LogP contribution in [-0.4, -0.2) is 44.3 Å². The maximum absolute atomic E-state index is 11.2. The monoisotopic (exact) mass is 360 g/mol. The molecule has 1 aliphatic heterocycles. The zero-order valence-corrected chi connectivity index (χ0v) is 16.3. The quantitative estimate of drug-likeness (QED) is 0.768. The summed E-state index contributed by atoms with van der Waals surface area (Å²) in [5.74, 6) is 0.613. The fourth-order valence-corrected chi connectivity index (χ4v) is 3.11. The van der Waals surface area contributed by atoms with Crippen molar-refractivity contribution in [2.75, 3.05) is 12.0 Å².